The van der Waals surface area contributed by atoms with Crippen molar-refractivity contribution in [3.05, 3.63) is 24.3 Å². The molecule has 87 heavy (non-hydrogen) atoms. The van der Waals surface area contributed by atoms with E-state index in [1.165, 1.54) is 392 Å². The highest BCUT2D eigenvalue weighted by molar-refractivity contribution is 5.76. The summed E-state index contributed by atoms with van der Waals surface area (Å²) in [6, 6.07) is -0.624. The standard InChI is InChI=1S/C81H157NO5/c1-3-5-7-9-11-13-15-17-19-47-51-55-59-63-67-71-75-81(86)87-76-72-68-64-60-56-52-48-44-42-40-38-36-34-32-30-28-26-24-22-20-21-23-25-27-29-31-33-35-37-39-41-43-46-50-54-58-62-66-70-74-80(85)82-78(77-83)79(84)73-69-65-61-57-53-49-45-18-16-14-12-10-8-6-4-2/h20-21,69,73,78-79,83-84H,3-19,22-68,70-72,74-77H2,1-2H3,(H,82,85)/b21-20-,73-69+. The third kappa shape index (κ3) is 73.3. The first kappa shape index (κ1) is 85.3. The second-order valence-electron chi connectivity index (χ2n) is 27.8. The minimum absolute atomic E-state index is 0.0267. The Morgan fingerprint density at radius 1 is 0.310 bits per heavy atom. The molecule has 0 aliphatic heterocycles. The van der Waals surface area contributed by atoms with E-state index in [1.54, 1.807) is 6.08 Å². The SMILES string of the molecule is CCCCCCCCCCCCCCC/C=C/C(O)C(CO)NC(=O)CCCCCCCCCCCCCCCCCCC/C=C\CCCCCCCCCCCCCCCCCCCCOC(=O)CCCCCCCCCCCCCCCCCC. The lowest BCUT2D eigenvalue weighted by molar-refractivity contribution is -0.143. The molecular weight excluding hydrogens is 1070 g/mol. The number of hydrogen-bond donors (Lipinski definition) is 3. The first-order chi connectivity index (χ1) is 43.0. The minimum atomic E-state index is -0.841. The monoisotopic (exact) mass is 1220 g/mol. The molecule has 0 aromatic rings. The van der Waals surface area contributed by atoms with E-state index in [1.807, 2.05) is 6.08 Å². The van der Waals surface area contributed by atoms with Crippen molar-refractivity contribution >= 4 is 11.9 Å². The molecule has 2 unspecified atom stereocenters. The van der Waals surface area contributed by atoms with Crippen LogP contribution in [0.4, 0.5) is 0 Å². The second-order valence-corrected chi connectivity index (χ2v) is 27.8. The van der Waals surface area contributed by atoms with Crippen LogP contribution in [0.5, 0.6) is 0 Å². The van der Waals surface area contributed by atoms with Gasteiger partial charge in [0, 0.05) is 12.8 Å². The van der Waals surface area contributed by atoms with Crippen LogP contribution < -0.4 is 5.32 Å². The molecule has 0 aromatic heterocycles. The van der Waals surface area contributed by atoms with Gasteiger partial charge in [0.15, 0.2) is 0 Å². The van der Waals surface area contributed by atoms with E-state index < -0.39 is 12.1 Å². The maximum Gasteiger partial charge on any atom is 0.305 e. The summed E-state index contributed by atoms with van der Waals surface area (Å²) < 4.78 is 5.51. The lowest BCUT2D eigenvalue weighted by Crippen LogP contribution is -2.45. The lowest BCUT2D eigenvalue weighted by Gasteiger charge is -2.20. The van der Waals surface area contributed by atoms with Crippen LogP contribution in [0.1, 0.15) is 457 Å². The zero-order valence-electron chi connectivity index (χ0n) is 59.3. The van der Waals surface area contributed by atoms with Gasteiger partial charge in [-0.15, -0.1) is 0 Å². The Morgan fingerprint density at radius 3 is 0.816 bits per heavy atom. The summed E-state index contributed by atoms with van der Waals surface area (Å²) in [4.78, 5) is 24.6. The Balaban J connectivity index is 3.32. The number of amides is 1. The van der Waals surface area contributed by atoms with E-state index in [9.17, 15) is 19.8 Å². The van der Waals surface area contributed by atoms with E-state index in [2.05, 4.69) is 31.3 Å². The van der Waals surface area contributed by atoms with E-state index in [-0.39, 0.29) is 18.5 Å². The fourth-order valence-electron chi connectivity index (χ4n) is 12.9. The molecule has 0 rings (SSSR count). The van der Waals surface area contributed by atoms with Crippen molar-refractivity contribution in [3.8, 4) is 0 Å². The van der Waals surface area contributed by atoms with Crippen molar-refractivity contribution in [2.75, 3.05) is 13.2 Å². The number of carbonyl (C=O) groups is 2. The molecule has 2 atom stereocenters. The molecule has 0 spiro atoms. The molecule has 0 saturated heterocycles. The van der Waals surface area contributed by atoms with Crippen molar-refractivity contribution in [3.63, 3.8) is 0 Å². The Bertz CT molecular complexity index is 1360. The second kappa shape index (κ2) is 76.8. The molecule has 0 bridgehead atoms. The number of unbranched alkanes of at least 4 members (excludes halogenated alkanes) is 63. The van der Waals surface area contributed by atoms with Crippen molar-refractivity contribution in [1.82, 2.24) is 5.32 Å². The lowest BCUT2D eigenvalue weighted by atomic mass is 10.0. The average molecular weight is 1230 g/mol. The number of aliphatic hydroxyl groups excluding tert-OH is 2. The molecule has 0 aliphatic carbocycles. The van der Waals surface area contributed by atoms with Gasteiger partial charge in [-0.2, -0.15) is 0 Å². The molecule has 0 saturated carbocycles. The van der Waals surface area contributed by atoms with Gasteiger partial charge < -0.3 is 20.3 Å². The third-order valence-electron chi connectivity index (χ3n) is 19.0. The number of esters is 1. The highest BCUT2D eigenvalue weighted by Crippen LogP contribution is 2.20. The van der Waals surface area contributed by atoms with Gasteiger partial charge in [0.2, 0.25) is 5.91 Å². The Labute approximate surface area is 545 Å². The molecule has 0 aromatic carbocycles. The maximum absolute atomic E-state index is 12.5. The van der Waals surface area contributed by atoms with Crippen molar-refractivity contribution in [2.45, 2.75) is 469 Å². The normalized spacial score (nSPS) is 12.6. The maximum atomic E-state index is 12.5. The van der Waals surface area contributed by atoms with Gasteiger partial charge in [-0.1, -0.05) is 411 Å². The van der Waals surface area contributed by atoms with E-state index in [4.69, 9.17) is 4.74 Å². The summed E-state index contributed by atoms with van der Waals surface area (Å²) in [5.74, 6) is -0.0339. The van der Waals surface area contributed by atoms with Crippen LogP contribution in [0.3, 0.4) is 0 Å². The average Bonchev–Trinajstić information content (AvgIpc) is 3.54. The van der Waals surface area contributed by atoms with Gasteiger partial charge in [0.25, 0.3) is 0 Å². The molecule has 6 heteroatoms. The summed E-state index contributed by atoms with van der Waals surface area (Å²) >= 11 is 0. The Morgan fingerprint density at radius 2 is 0.540 bits per heavy atom. The van der Waals surface area contributed by atoms with E-state index in [0.29, 0.717) is 19.4 Å². The predicted molar refractivity (Wildman–Crippen MR) is 384 cm³/mol. The molecule has 516 valence electrons. The smallest absolute Gasteiger partial charge is 0.305 e. The van der Waals surface area contributed by atoms with Gasteiger partial charge in [0.1, 0.15) is 0 Å². The number of carbonyl (C=O) groups excluding carboxylic acids is 2. The fraction of sp³-hybridized carbons (Fsp3) is 0.926. The van der Waals surface area contributed by atoms with Crippen LogP contribution in [0.2, 0.25) is 0 Å². The summed E-state index contributed by atoms with van der Waals surface area (Å²) in [6.07, 6.45) is 98.9. The highest BCUT2D eigenvalue weighted by Gasteiger charge is 2.18. The van der Waals surface area contributed by atoms with E-state index >= 15 is 0 Å². The summed E-state index contributed by atoms with van der Waals surface area (Å²) in [5.41, 5.74) is 0. The van der Waals surface area contributed by atoms with Gasteiger partial charge in [-0.25, -0.2) is 0 Å². The van der Waals surface area contributed by atoms with Gasteiger partial charge in [-0.3, -0.25) is 9.59 Å². The summed E-state index contributed by atoms with van der Waals surface area (Å²) in [6.45, 7) is 4.95. The van der Waals surface area contributed by atoms with Gasteiger partial charge >= 0.3 is 5.97 Å². The zero-order valence-corrected chi connectivity index (χ0v) is 59.3. The van der Waals surface area contributed by atoms with Gasteiger partial charge in [0.05, 0.1) is 25.4 Å². The molecule has 0 aliphatic rings. The van der Waals surface area contributed by atoms with Crippen LogP contribution in [0, 0.1) is 0 Å². The Kier molecular flexibility index (Phi) is 75.3. The predicted octanol–water partition coefficient (Wildman–Crippen LogP) is 26.4. The van der Waals surface area contributed by atoms with Crippen LogP contribution in [0.15, 0.2) is 24.3 Å². The minimum Gasteiger partial charge on any atom is -0.466 e. The number of aliphatic hydroxyl groups is 2. The number of nitrogens with one attached hydrogen (secondary N) is 1. The third-order valence-corrected chi connectivity index (χ3v) is 19.0. The molecule has 0 radical (unpaired) electrons. The topological polar surface area (TPSA) is 95.9 Å². The van der Waals surface area contributed by atoms with Crippen LogP contribution in [0.25, 0.3) is 0 Å². The van der Waals surface area contributed by atoms with Crippen molar-refractivity contribution in [1.29, 1.82) is 0 Å². The Hall–Kier alpha value is -1.66. The molecule has 6 nitrogen and oxygen atoms in total. The largest absolute Gasteiger partial charge is 0.466 e. The van der Waals surface area contributed by atoms with Crippen LogP contribution in [-0.2, 0) is 14.3 Å². The summed E-state index contributed by atoms with van der Waals surface area (Å²) in [5, 5.41) is 23.2. The number of hydrogen-bond acceptors (Lipinski definition) is 5. The molecular formula is C81H157NO5. The molecule has 0 heterocycles. The number of allylic oxidation sites excluding steroid dienone is 3. The molecule has 1 amide bonds. The highest BCUT2D eigenvalue weighted by atomic mass is 16.5. The number of ether oxygens (including phenoxy) is 1. The van der Waals surface area contributed by atoms with Gasteiger partial charge in [-0.05, 0) is 57.8 Å². The zero-order chi connectivity index (χ0) is 62.8. The first-order valence-electron chi connectivity index (χ1n) is 40.1. The van der Waals surface area contributed by atoms with E-state index in [0.717, 1.165) is 38.5 Å². The number of rotatable bonds is 76. The van der Waals surface area contributed by atoms with Crippen molar-refractivity contribution in [2.24, 2.45) is 0 Å². The van der Waals surface area contributed by atoms with Crippen LogP contribution >= 0.6 is 0 Å². The fourth-order valence-corrected chi connectivity index (χ4v) is 12.9. The summed E-state index contributed by atoms with van der Waals surface area (Å²) in [7, 11) is 0. The quantitative estimate of drug-likeness (QED) is 0.0320. The first-order valence-corrected chi connectivity index (χ1v) is 40.1. The molecule has 0 fully saturated rings. The molecule has 3 N–H and O–H groups in total. The van der Waals surface area contributed by atoms with Crippen LogP contribution in [-0.4, -0.2) is 47.4 Å². The van der Waals surface area contributed by atoms with Crippen molar-refractivity contribution < 1.29 is 24.5 Å².